The highest BCUT2D eigenvalue weighted by Crippen LogP contribution is 2.28. The predicted octanol–water partition coefficient (Wildman–Crippen LogP) is 2.12. The van der Waals surface area contributed by atoms with E-state index in [1.807, 2.05) is 19.1 Å². The minimum Gasteiger partial charge on any atom is -0.455 e. The molecule has 0 spiro atoms. The number of aromatic nitrogens is 1. The summed E-state index contributed by atoms with van der Waals surface area (Å²) in [7, 11) is 1.55. The number of carbonyl (C=O) groups is 1. The van der Waals surface area contributed by atoms with Gasteiger partial charge < -0.3 is 15.8 Å². The smallest absolute Gasteiger partial charge is 0.269 e. The highest BCUT2D eigenvalue weighted by molar-refractivity contribution is 5.92. The van der Waals surface area contributed by atoms with Crippen LogP contribution < -0.4 is 15.8 Å². The van der Waals surface area contributed by atoms with Crippen molar-refractivity contribution in [2.75, 3.05) is 12.8 Å². The number of hydrogen-bond donors (Lipinski definition) is 2. The predicted molar refractivity (Wildman–Crippen MR) is 73.3 cm³/mol. The molecule has 0 atom stereocenters. The Hall–Kier alpha value is -2.56. The Kier molecular flexibility index (Phi) is 3.66. The van der Waals surface area contributed by atoms with Crippen molar-refractivity contribution in [3.8, 4) is 11.5 Å². The van der Waals surface area contributed by atoms with Crippen molar-refractivity contribution in [3.63, 3.8) is 0 Å². The Balaban J connectivity index is 2.26. The molecular weight excluding hydrogens is 242 g/mol. The average molecular weight is 257 g/mol. The summed E-state index contributed by atoms with van der Waals surface area (Å²) in [6, 6.07) is 8.78. The molecule has 1 aromatic heterocycles. The van der Waals surface area contributed by atoms with Crippen LogP contribution in [0.3, 0.4) is 0 Å². The summed E-state index contributed by atoms with van der Waals surface area (Å²) < 4.78 is 5.65. The number of nitrogens with two attached hydrogens (primary N) is 1. The lowest BCUT2D eigenvalue weighted by molar-refractivity contribution is 0.0958. The van der Waals surface area contributed by atoms with Gasteiger partial charge >= 0.3 is 0 Å². The highest BCUT2D eigenvalue weighted by atomic mass is 16.5. The van der Waals surface area contributed by atoms with E-state index in [1.54, 1.807) is 25.2 Å². The normalized spacial score (nSPS) is 10.0. The fourth-order valence-corrected chi connectivity index (χ4v) is 1.61. The van der Waals surface area contributed by atoms with Crippen LogP contribution in [0.25, 0.3) is 0 Å². The van der Waals surface area contributed by atoms with Crippen LogP contribution >= 0.6 is 0 Å². The molecule has 19 heavy (non-hydrogen) atoms. The Bertz CT molecular complexity index is 611. The van der Waals surface area contributed by atoms with Gasteiger partial charge in [0.2, 0.25) is 0 Å². The summed E-state index contributed by atoms with van der Waals surface area (Å²) in [6.07, 6.45) is 1.52. The molecule has 3 N–H and O–H groups in total. The molecule has 0 bridgehead atoms. The van der Waals surface area contributed by atoms with Gasteiger partial charge in [-0.05, 0) is 30.7 Å². The van der Waals surface area contributed by atoms with Crippen molar-refractivity contribution >= 4 is 11.6 Å². The molecule has 0 radical (unpaired) electrons. The summed E-state index contributed by atoms with van der Waals surface area (Å²) in [6.45, 7) is 1.95. The molecule has 0 saturated heterocycles. The van der Waals surface area contributed by atoms with Crippen LogP contribution in [0.4, 0.5) is 5.69 Å². The number of anilines is 1. The van der Waals surface area contributed by atoms with E-state index < -0.39 is 0 Å². The van der Waals surface area contributed by atoms with Gasteiger partial charge in [0.25, 0.3) is 5.91 Å². The van der Waals surface area contributed by atoms with Crippen LogP contribution in [0.1, 0.15) is 16.1 Å². The molecule has 2 aromatic rings. The van der Waals surface area contributed by atoms with Gasteiger partial charge in [0.05, 0.1) is 5.69 Å². The number of ether oxygens (including phenoxy) is 1. The summed E-state index contributed by atoms with van der Waals surface area (Å²) in [5.74, 6) is 0.811. The molecule has 0 aliphatic carbocycles. The first-order valence-corrected chi connectivity index (χ1v) is 5.82. The minimum atomic E-state index is -0.262. The van der Waals surface area contributed by atoms with Crippen molar-refractivity contribution < 1.29 is 9.53 Å². The molecule has 0 aliphatic rings. The van der Waals surface area contributed by atoms with Gasteiger partial charge in [-0.25, -0.2) is 0 Å². The number of nitrogens with one attached hydrogen (secondary N) is 1. The van der Waals surface area contributed by atoms with Crippen LogP contribution in [0.15, 0.2) is 36.5 Å². The molecule has 0 unspecified atom stereocenters. The maximum absolute atomic E-state index is 11.5. The Labute approximate surface area is 111 Å². The number of hydrogen-bond acceptors (Lipinski definition) is 4. The largest absolute Gasteiger partial charge is 0.455 e. The van der Waals surface area contributed by atoms with Crippen molar-refractivity contribution in [3.05, 3.63) is 47.8 Å². The number of carbonyl (C=O) groups excluding carboxylic acids is 1. The Morgan fingerprint density at radius 2 is 2.11 bits per heavy atom. The molecule has 1 aromatic carbocycles. The van der Waals surface area contributed by atoms with Crippen molar-refractivity contribution in [2.45, 2.75) is 6.92 Å². The van der Waals surface area contributed by atoms with Gasteiger partial charge in [0, 0.05) is 19.3 Å². The van der Waals surface area contributed by atoms with Gasteiger partial charge in [0.15, 0.2) is 0 Å². The van der Waals surface area contributed by atoms with Crippen molar-refractivity contribution in [2.24, 2.45) is 0 Å². The second kappa shape index (κ2) is 5.39. The molecule has 0 fully saturated rings. The average Bonchev–Trinajstić information content (AvgIpc) is 2.41. The van der Waals surface area contributed by atoms with Gasteiger partial charge in [0.1, 0.15) is 17.2 Å². The number of benzene rings is 1. The summed E-state index contributed by atoms with van der Waals surface area (Å²) in [4.78, 5) is 15.4. The van der Waals surface area contributed by atoms with E-state index in [1.165, 1.54) is 6.20 Å². The zero-order valence-corrected chi connectivity index (χ0v) is 10.8. The summed E-state index contributed by atoms with van der Waals surface area (Å²) >= 11 is 0. The maximum atomic E-state index is 11.5. The third-order valence-corrected chi connectivity index (χ3v) is 2.58. The first-order valence-electron chi connectivity index (χ1n) is 5.82. The molecule has 98 valence electrons. The topological polar surface area (TPSA) is 77.2 Å². The fraction of sp³-hybridized carbons (Fsp3) is 0.143. The molecule has 2 rings (SSSR count). The van der Waals surface area contributed by atoms with E-state index in [9.17, 15) is 4.79 Å². The molecule has 5 heteroatoms. The van der Waals surface area contributed by atoms with Gasteiger partial charge in [-0.1, -0.05) is 6.07 Å². The molecular formula is C14H15N3O2. The SMILES string of the molecule is CNC(=O)c1cc(Oc2ccc(C)cc2N)ccn1. The zero-order valence-electron chi connectivity index (χ0n) is 10.8. The van der Waals surface area contributed by atoms with Crippen molar-refractivity contribution in [1.82, 2.24) is 10.3 Å². The van der Waals surface area contributed by atoms with Crippen LogP contribution in [-0.4, -0.2) is 17.9 Å². The number of nitrogen functional groups attached to an aromatic ring is 1. The number of aryl methyl sites for hydroxylation is 1. The van der Waals surface area contributed by atoms with E-state index in [4.69, 9.17) is 10.5 Å². The standard InChI is InChI=1S/C14H15N3O2/c1-9-3-4-13(11(15)7-9)19-10-5-6-17-12(8-10)14(18)16-2/h3-8H,15H2,1-2H3,(H,16,18). The molecule has 0 aliphatic heterocycles. The second-order valence-electron chi connectivity index (χ2n) is 4.10. The van der Waals surface area contributed by atoms with Gasteiger partial charge in [-0.15, -0.1) is 0 Å². The van der Waals surface area contributed by atoms with E-state index in [2.05, 4.69) is 10.3 Å². The lowest BCUT2D eigenvalue weighted by Crippen LogP contribution is -2.18. The van der Waals surface area contributed by atoms with Gasteiger partial charge in [-0.2, -0.15) is 0 Å². The molecule has 1 amide bonds. The van der Waals surface area contributed by atoms with Crippen LogP contribution in [-0.2, 0) is 0 Å². The fourth-order valence-electron chi connectivity index (χ4n) is 1.61. The number of amides is 1. The number of pyridine rings is 1. The molecule has 1 heterocycles. The third-order valence-electron chi connectivity index (χ3n) is 2.58. The van der Waals surface area contributed by atoms with E-state index in [0.717, 1.165) is 5.56 Å². The van der Waals surface area contributed by atoms with E-state index in [0.29, 0.717) is 22.9 Å². The van der Waals surface area contributed by atoms with Crippen LogP contribution in [0.2, 0.25) is 0 Å². The van der Waals surface area contributed by atoms with E-state index >= 15 is 0 Å². The summed E-state index contributed by atoms with van der Waals surface area (Å²) in [5.41, 5.74) is 7.79. The maximum Gasteiger partial charge on any atom is 0.269 e. The van der Waals surface area contributed by atoms with Gasteiger partial charge in [-0.3, -0.25) is 9.78 Å². The second-order valence-corrected chi connectivity index (χ2v) is 4.10. The Morgan fingerprint density at radius 3 is 2.79 bits per heavy atom. The lowest BCUT2D eigenvalue weighted by atomic mass is 10.2. The molecule has 5 nitrogen and oxygen atoms in total. The van der Waals surface area contributed by atoms with Crippen LogP contribution in [0.5, 0.6) is 11.5 Å². The summed E-state index contributed by atoms with van der Waals surface area (Å²) in [5, 5.41) is 2.51. The lowest BCUT2D eigenvalue weighted by Gasteiger charge is -2.09. The zero-order chi connectivity index (χ0) is 13.8. The third kappa shape index (κ3) is 3.01. The highest BCUT2D eigenvalue weighted by Gasteiger charge is 2.08. The van der Waals surface area contributed by atoms with Crippen molar-refractivity contribution in [1.29, 1.82) is 0 Å². The minimum absolute atomic E-state index is 0.262. The number of rotatable bonds is 3. The Morgan fingerprint density at radius 1 is 1.32 bits per heavy atom. The molecule has 0 saturated carbocycles. The number of nitrogens with zero attached hydrogens (tertiary/aromatic N) is 1. The van der Waals surface area contributed by atoms with Crippen LogP contribution in [0, 0.1) is 6.92 Å². The first kappa shape index (κ1) is 12.9. The first-order chi connectivity index (χ1) is 9.10. The monoisotopic (exact) mass is 257 g/mol. The van der Waals surface area contributed by atoms with E-state index in [-0.39, 0.29) is 5.91 Å². The quantitative estimate of drug-likeness (QED) is 0.826.